The SMILES string of the molecule is CCC(C)NC(=O)C(C)N(Cc1ccc(Br)cc1)C(=O)CN(c1cc(OC)ccc1OC)S(=O)(=O)c1ccccc1. The van der Waals surface area contributed by atoms with Crippen molar-refractivity contribution >= 4 is 43.5 Å². The minimum Gasteiger partial charge on any atom is -0.497 e. The van der Waals surface area contributed by atoms with Crippen molar-refractivity contribution in [2.24, 2.45) is 0 Å². The Hall–Kier alpha value is -3.57. The molecule has 9 nitrogen and oxygen atoms in total. The van der Waals surface area contributed by atoms with E-state index in [-0.39, 0.29) is 34.8 Å². The highest BCUT2D eigenvalue weighted by molar-refractivity contribution is 9.10. The summed E-state index contributed by atoms with van der Waals surface area (Å²) in [6.07, 6.45) is 0.720. The molecule has 0 spiro atoms. The molecule has 220 valence electrons. The van der Waals surface area contributed by atoms with E-state index >= 15 is 0 Å². The highest BCUT2D eigenvalue weighted by atomic mass is 79.9. The maximum absolute atomic E-state index is 14.1. The number of halogens is 1. The Balaban J connectivity index is 2.10. The first-order valence-corrected chi connectivity index (χ1v) is 15.4. The summed E-state index contributed by atoms with van der Waals surface area (Å²) in [6, 6.07) is 19.0. The minimum absolute atomic E-state index is 0.000283. The van der Waals surface area contributed by atoms with Crippen LogP contribution in [0.25, 0.3) is 0 Å². The number of methoxy groups -OCH3 is 2. The second-order valence-electron chi connectivity index (χ2n) is 9.50. The Bertz CT molecular complexity index is 1430. The van der Waals surface area contributed by atoms with Gasteiger partial charge in [-0.1, -0.05) is 53.2 Å². The van der Waals surface area contributed by atoms with Crippen LogP contribution < -0.4 is 19.1 Å². The van der Waals surface area contributed by atoms with Gasteiger partial charge in [0, 0.05) is 23.1 Å². The van der Waals surface area contributed by atoms with E-state index < -0.39 is 28.5 Å². The summed E-state index contributed by atoms with van der Waals surface area (Å²) in [5.74, 6) is -0.278. The Morgan fingerprint density at radius 1 is 0.951 bits per heavy atom. The molecule has 3 aromatic rings. The number of ether oxygens (including phenoxy) is 2. The van der Waals surface area contributed by atoms with Crippen LogP contribution >= 0.6 is 15.9 Å². The van der Waals surface area contributed by atoms with Gasteiger partial charge in [0.15, 0.2) is 0 Å². The first kappa shape index (κ1) is 32.0. The highest BCUT2D eigenvalue weighted by Crippen LogP contribution is 2.36. The van der Waals surface area contributed by atoms with Crippen LogP contribution in [0.2, 0.25) is 0 Å². The summed E-state index contributed by atoms with van der Waals surface area (Å²) in [5, 5.41) is 2.93. The Labute approximate surface area is 250 Å². The van der Waals surface area contributed by atoms with E-state index in [0.29, 0.717) is 5.75 Å². The van der Waals surface area contributed by atoms with Gasteiger partial charge in [-0.2, -0.15) is 0 Å². The number of carbonyl (C=O) groups is 2. The number of sulfonamides is 1. The van der Waals surface area contributed by atoms with Gasteiger partial charge in [-0.05, 0) is 62.2 Å². The third-order valence-electron chi connectivity index (χ3n) is 6.70. The number of carbonyl (C=O) groups excluding carboxylic acids is 2. The molecule has 0 aliphatic heterocycles. The number of anilines is 1. The molecular weight excluding hydrogens is 610 g/mol. The lowest BCUT2D eigenvalue weighted by Gasteiger charge is -2.33. The summed E-state index contributed by atoms with van der Waals surface area (Å²) in [6.45, 7) is 4.98. The summed E-state index contributed by atoms with van der Waals surface area (Å²) < 4.78 is 40.7. The molecule has 2 amide bonds. The van der Waals surface area contributed by atoms with Crippen molar-refractivity contribution in [2.75, 3.05) is 25.1 Å². The minimum atomic E-state index is -4.24. The fourth-order valence-corrected chi connectivity index (χ4v) is 5.76. The summed E-state index contributed by atoms with van der Waals surface area (Å²) >= 11 is 3.42. The van der Waals surface area contributed by atoms with Crippen LogP contribution in [-0.2, 0) is 26.2 Å². The molecule has 3 rings (SSSR count). The van der Waals surface area contributed by atoms with Crippen LogP contribution in [0.5, 0.6) is 11.5 Å². The van der Waals surface area contributed by atoms with E-state index in [9.17, 15) is 18.0 Å². The second kappa shape index (κ2) is 14.4. The molecule has 0 aliphatic rings. The van der Waals surface area contributed by atoms with Gasteiger partial charge in [0.2, 0.25) is 11.8 Å². The molecule has 11 heteroatoms. The van der Waals surface area contributed by atoms with Crippen LogP contribution in [0, 0.1) is 0 Å². The molecule has 2 atom stereocenters. The summed E-state index contributed by atoms with van der Waals surface area (Å²) in [5.41, 5.74) is 0.908. The number of amides is 2. The molecule has 41 heavy (non-hydrogen) atoms. The van der Waals surface area contributed by atoms with Gasteiger partial charge in [-0.15, -0.1) is 0 Å². The topological polar surface area (TPSA) is 105 Å². The van der Waals surface area contributed by atoms with Gasteiger partial charge in [-0.3, -0.25) is 13.9 Å². The van der Waals surface area contributed by atoms with E-state index in [2.05, 4.69) is 21.2 Å². The van der Waals surface area contributed by atoms with Crippen LogP contribution in [0.1, 0.15) is 32.8 Å². The zero-order valence-corrected chi connectivity index (χ0v) is 26.2. The maximum atomic E-state index is 14.1. The third kappa shape index (κ3) is 8.01. The predicted octanol–water partition coefficient (Wildman–Crippen LogP) is 4.99. The van der Waals surface area contributed by atoms with E-state index in [0.717, 1.165) is 20.8 Å². The van der Waals surface area contributed by atoms with Gasteiger partial charge >= 0.3 is 0 Å². The number of hydrogen-bond donors (Lipinski definition) is 1. The van der Waals surface area contributed by atoms with E-state index in [1.165, 1.54) is 37.3 Å². The monoisotopic (exact) mass is 645 g/mol. The Kier molecular flexibility index (Phi) is 11.2. The van der Waals surface area contributed by atoms with Crippen LogP contribution in [0.4, 0.5) is 5.69 Å². The molecule has 1 N–H and O–H groups in total. The quantitative estimate of drug-likeness (QED) is 0.281. The molecule has 0 aliphatic carbocycles. The smallest absolute Gasteiger partial charge is 0.264 e. The molecule has 0 fully saturated rings. The first-order valence-electron chi connectivity index (χ1n) is 13.2. The lowest BCUT2D eigenvalue weighted by Crippen LogP contribution is -2.52. The molecule has 0 radical (unpaired) electrons. The fraction of sp³-hybridized carbons (Fsp3) is 0.333. The lowest BCUT2D eigenvalue weighted by atomic mass is 10.1. The van der Waals surface area contributed by atoms with E-state index in [1.807, 2.05) is 38.1 Å². The molecule has 2 unspecified atom stereocenters. The standard InChI is InChI=1S/C30H36BrN3O6S/c1-6-21(2)32-30(36)22(3)33(19-23-12-14-24(31)15-13-23)29(35)20-34(41(37,38)26-10-8-7-9-11-26)27-18-25(39-4)16-17-28(27)40-5/h7-18,21-22H,6,19-20H2,1-5H3,(H,32,36). The maximum Gasteiger partial charge on any atom is 0.264 e. The molecule has 0 heterocycles. The normalized spacial score (nSPS) is 12.6. The van der Waals surface area contributed by atoms with E-state index in [1.54, 1.807) is 37.3 Å². The zero-order chi connectivity index (χ0) is 30.2. The molecule has 0 saturated heterocycles. The number of nitrogens with one attached hydrogen (secondary N) is 1. The van der Waals surface area contributed by atoms with Gasteiger partial charge in [0.1, 0.15) is 24.1 Å². The van der Waals surface area contributed by atoms with Crippen molar-refractivity contribution in [1.82, 2.24) is 10.2 Å². The molecule has 0 bridgehead atoms. The highest BCUT2D eigenvalue weighted by Gasteiger charge is 2.34. The van der Waals surface area contributed by atoms with Crippen molar-refractivity contribution in [1.29, 1.82) is 0 Å². The Morgan fingerprint density at radius 3 is 2.20 bits per heavy atom. The van der Waals surface area contributed by atoms with Crippen LogP contribution in [0.15, 0.2) is 82.2 Å². The Morgan fingerprint density at radius 2 is 1.61 bits per heavy atom. The second-order valence-corrected chi connectivity index (χ2v) is 12.3. The number of rotatable bonds is 13. The van der Waals surface area contributed by atoms with Gasteiger partial charge in [0.25, 0.3) is 10.0 Å². The fourth-order valence-electron chi connectivity index (χ4n) is 4.06. The van der Waals surface area contributed by atoms with Crippen LogP contribution in [-0.4, -0.2) is 58.0 Å². The van der Waals surface area contributed by atoms with Crippen molar-refractivity contribution in [3.63, 3.8) is 0 Å². The number of hydrogen-bond acceptors (Lipinski definition) is 6. The van der Waals surface area contributed by atoms with Gasteiger partial charge < -0.3 is 19.7 Å². The largest absolute Gasteiger partial charge is 0.497 e. The number of benzene rings is 3. The molecular formula is C30H36BrN3O6S. The van der Waals surface area contributed by atoms with Crippen molar-refractivity contribution in [3.8, 4) is 11.5 Å². The predicted molar refractivity (Wildman–Crippen MR) is 163 cm³/mol. The van der Waals surface area contributed by atoms with Gasteiger partial charge in [0.05, 0.1) is 24.8 Å². The first-order chi connectivity index (χ1) is 19.5. The summed E-state index contributed by atoms with van der Waals surface area (Å²) in [4.78, 5) is 28.7. The summed E-state index contributed by atoms with van der Waals surface area (Å²) in [7, 11) is -1.36. The number of nitrogens with zero attached hydrogens (tertiary/aromatic N) is 2. The van der Waals surface area contributed by atoms with Crippen molar-refractivity contribution in [3.05, 3.63) is 82.8 Å². The average molecular weight is 647 g/mol. The average Bonchev–Trinajstić information content (AvgIpc) is 2.98. The third-order valence-corrected chi connectivity index (χ3v) is 9.00. The molecule has 3 aromatic carbocycles. The van der Waals surface area contributed by atoms with Gasteiger partial charge in [-0.25, -0.2) is 8.42 Å². The molecule has 0 saturated carbocycles. The van der Waals surface area contributed by atoms with Crippen molar-refractivity contribution < 1.29 is 27.5 Å². The van der Waals surface area contributed by atoms with Crippen LogP contribution in [0.3, 0.4) is 0 Å². The zero-order valence-electron chi connectivity index (χ0n) is 23.8. The van der Waals surface area contributed by atoms with E-state index in [4.69, 9.17) is 9.47 Å². The lowest BCUT2D eigenvalue weighted by molar-refractivity contribution is -0.139. The van der Waals surface area contributed by atoms with Crippen molar-refractivity contribution in [2.45, 2.75) is 50.7 Å². The molecule has 0 aromatic heterocycles.